The number of rotatable bonds is 2. The van der Waals surface area contributed by atoms with Gasteiger partial charge in [-0.1, -0.05) is 29.3 Å². The topological polar surface area (TPSA) is 29.1 Å². The Kier molecular flexibility index (Phi) is 4.77. The van der Waals surface area contributed by atoms with Gasteiger partial charge in [-0.2, -0.15) is 0 Å². The molecule has 1 aromatic carbocycles. The first kappa shape index (κ1) is 14.0. The van der Waals surface area contributed by atoms with Crippen LogP contribution >= 0.6 is 34.8 Å². The minimum Gasteiger partial charge on any atom is -0.349 e. The fourth-order valence-electron chi connectivity index (χ4n) is 2.14. The number of nitrogens with one attached hydrogen (secondary N) is 1. The van der Waals surface area contributed by atoms with Crippen LogP contribution in [0.2, 0.25) is 10.0 Å². The second-order valence-corrected chi connectivity index (χ2v) is 5.93. The van der Waals surface area contributed by atoms with Gasteiger partial charge in [0.15, 0.2) is 0 Å². The number of carbonyl (C=O) groups is 1. The maximum absolute atomic E-state index is 12.1. The molecule has 1 N–H and O–H groups in total. The zero-order chi connectivity index (χ0) is 13.1. The van der Waals surface area contributed by atoms with Crippen molar-refractivity contribution in [3.05, 3.63) is 33.8 Å². The summed E-state index contributed by atoms with van der Waals surface area (Å²) in [5, 5.41) is 3.93. The minimum atomic E-state index is -0.166. The molecule has 0 unspecified atom stereocenters. The third kappa shape index (κ3) is 3.31. The smallest absolute Gasteiger partial charge is 0.253 e. The van der Waals surface area contributed by atoms with Crippen LogP contribution in [0.3, 0.4) is 0 Å². The fourth-order valence-corrected chi connectivity index (χ4v) is 2.78. The first-order valence-corrected chi connectivity index (χ1v) is 7.16. The maximum atomic E-state index is 12.1. The van der Waals surface area contributed by atoms with Gasteiger partial charge in [0.1, 0.15) is 0 Å². The number of halogens is 3. The number of hydrogen-bond donors (Lipinski definition) is 1. The summed E-state index contributed by atoms with van der Waals surface area (Å²) >= 11 is 17.9. The van der Waals surface area contributed by atoms with Crippen molar-refractivity contribution in [3.63, 3.8) is 0 Å². The SMILES string of the molecule is O=C(NC1CCC(Cl)CC1)c1cccc(Cl)c1Cl. The highest BCUT2D eigenvalue weighted by Gasteiger charge is 2.22. The highest BCUT2D eigenvalue weighted by atomic mass is 35.5. The zero-order valence-electron chi connectivity index (χ0n) is 9.76. The van der Waals surface area contributed by atoms with Crippen LogP contribution in [0.5, 0.6) is 0 Å². The average Bonchev–Trinajstić information content (AvgIpc) is 2.35. The van der Waals surface area contributed by atoms with Gasteiger partial charge in [0, 0.05) is 11.4 Å². The van der Waals surface area contributed by atoms with Crippen LogP contribution in [-0.2, 0) is 0 Å². The van der Waals surface area contributed by atoms with Crippen LogP contribution in [0.25, 0.3) is 0 Å². The molecular formula is C13H14Cl3NO. The number of carbonyl (C=O) groups excluding carboxylic acids is 1. The van der Waals surface area contributed by atoms with E-state index in [1.165, 1.54) is 0 Å². The lowest BCUT2D eigenvalue weighted by Crippen LogP contribution is -2.37. The van der Waals surface area contributed by atoms with E-state index in [2.05, 4.69) is 5.32 Å². The minimum absolute atomic E-state index is 0.166. The van der Waals surface area contributed by atoms with Crippen LogP contribution in [0.4, 0.5) is 0 Å². The van der Waals surface area contributed by atoms with Crippen molar-refractivity contribution < 1.29 is 4.79 Å². The normalized spacial score (nSPS) is 23.7. The largest absolute Gasteiger partial charge is 0.349 e. The van der Waals surface area contributed by atoms with E-state index in [0.717, 1.165) is 25.7 Å². The molecule has 1 saturated carbocycles. The van der Waals surface area contributed by atoms with Crippen LogP contribution in [0.15, 0.2) is 18.2 Å². The Morgan fingerprint density at radius 3 is 2.50 bits per heavy atom. The molecule has 18 heavy (non-hydrogen) atoms. The molecule has 0 bridgehead atoms. The standard InChI is InChI=1S/C13H14Cl3NO/c14-8-4-6-9(7-5-8)17-13(18)10-2-1-3-11(15)12(10)16/h1-3,8-9H,4-7H2,(H,17,18). The molecule has 0 aromatic heterocycles. The molecule has 0 radical (unpaired) electrons. The van der Waals surface area contributed by atoms with Gasteiger partial charge in [-0.25, -0.2) is 0 Å². The summed E-state index contributed by atoms with van der Waals surface area (Å²) in [6, 6.07) is 5.25. The van der Waals surface area contributed by atoms with Crippen molar-refractivity contribution in [1.82, 2.24) is 5.32 Å². The van der Waals surface area contributed by atoms with Gasteiger partial charge in [-0.15, -0.1) is 11.6 Å². The Labute approximate surface area is 122 Å². The lowest BCUT2D eigenvalue weighted by atomic mass is 9.95. The van der Waals surface area contributed by atoms with E-state index in [4.69, 9.17) is 34.8 Å². The van der Waals surface area contributed by atoms with Crippen molar-refractivity contribution in [2.75, 3.05) is 0 Å². The van der Waals surface area contributed by atoms with Crippen molar-refractivity contribution in [2.45, 2.75) is 37.1 Å². The second kappa shape index (κ2) is 6.14. The van der Waals surface area contributed by atoms with Crippen molar-refractivity contribution in [3.8, 4) is 0 Å². The molecule has 0 saturated heterocycles. The Morgan fingerprint density at radius 2 is 1.83 bits per heavy atom. The van der Waals surface area contributed by atoms with Crippen LogP contribution in [0, 0.1) is 0 Å². The number of alkyl halides is 1. The Balaban J connectivity index is 2.01. The van der Waals surface area contributed by atoms with Crippen molar-refractivity contribution >= 4 is 40.7 Å². The number of amides is 1. The molecule has 1 aliphatic carbocycles. The first-order chi connectivity index (χ1) is 8.58. The van der Waals surface area contributed by atoms with E-state index in [0.29, 0.717) is 15.6 Å². The van der Waals surface area contributed by atoms with Crippen LogP contribution < -0.4 is 5.32 Å². The quantitative estimate of drug-likeness (QED) is 0.812. The Bertz CT molecular complexity index is 442. The molecule has 2 nitrogen and oxygen atoms in total. The summed E-state index contributed by atoms with van der Waals surface area (Å²) in [4.78, 5) is 12.1. The van der Waals surface area contributed by atoms with Crippen LogP contribution in [0.1, 0.15) is 36.0 Å². The van der Waals surface area contributed by atoms with Crippen molar-refractivity contribution in [2.24, 2.45) is 0 Å². The van der Waals surface area contributed by atoms with Gasteiger partial charge < -0.3 is 5.32 Å². The number of benzene rings is 1. The predicted octanol–water partition coefficient (Wildman–Crippen LogP) is 4.27. The molecular weight excluding hydrogens is 293 g/mol. The summed E-state index contributed by atoms with van der Waals surface area (Å²) in [7, 11) is 0. The summed E-state index contributed by atoms with van der Waals surface area (Å²) in [6.45, 7) is 0. The molecule has 1 fully saturated rings. The lowest BCUT2D eigenvalue weighted by molar-refractivity contribution is 0.0928. The van der Waals surface area contributed by atoms with Gasteiger partial charge in [-0.05, 0) is 37.8 Å². The van der Waals surface area contributed by atoms with E-state index in [-0.39, 0.29) is 17.3 Å². The zero-order valence-corrected chi connectivity index (χ0v) is 12.0. The van der Waals surface area contributed by atoms with Gasteiger partial charge in [0.25, 0.3) is 5.91 Å². The van der Waals surface area contributed by atoms with Gasteiger partial charge in [-0.3, -0.25) is 4.79 Å². The molecule has 0 atom stereocenters. The Morgan fingerprint density at radius 1 is 1.17 bits per heavy atom. The molecule has 1 aliphatic rings. The second-order valence-electron chi connectivity index (χ2n) is 4.52. The molecule has 0 aliphatic heterocycles. The maximum Gasteiger partial charge on any atom is 0.253 e. The summed E-state index contributed by atoms with van der Waals surface area (Å²) in [5.41, 5.74) is 0.428. The summed E-state index contributed by atoms with van der Waals surface area (Å²) < 4.78 is 0. The molecule has 1 amide bonds. The highest BCUT2D eigenvalue weighted by Crippen LogP contribution is 2.27. The van der Waals surface area contributed by atoms with Gasteiger partial charge in [0.2, 0.25) is 0 Å². The predicted molar refractivity (Wildman–Crippen MR) is 75.8 cm³/mol. The van der Waals surface area contributed by atoms with Crippen LogP contribution in [-0.4, -0.2) is 17.3 Å². The van der Waals surface area contributed by atoms with E-state index >= 15 is 0 Å². The highest BCUT2D eigenvalue weighted by molar-refractivity contribution is 6.43. The number of hydrogen-bond acceptors (Lipinski definition) is 1. The van der Waals surface area contributed by atoms with Gasteiger partial charge >= 0.3 is 0 Å². The van der Waals surface area contributed by atoms with Gasteiger partial charge in [0.05, 0.1) is 15.6 Å². The third-order valence-electron chi connectivity index (χ3n) is 3.19. The fraction of sp³-hybridized carbons (Fsp3) is 0.462. The lowest BCUT2D eigenvalue weighted by Gasteiger charge is -2.26. The summed E-state index contributed by atoms with van der Waals surface area (Å²) in [5.74, 6) is -0.166. The van der Waals surface area contributed by atoms with E-state index in [9.17, 15) is 4.79 Å². The van der Waals surface area contributed by atoms with E-state index in [1.54, 1.807) is 18.2 Å². The Hall–Kier alpha value is -0.440. The van der Waals surface area contributed by atoms with E-state index in [1.807, 2.05) is 0 Å². The van der Waals surface area contributed by atoms with E-state index < -0.39 is 0 Å². The van der Waals surface area contributed by atoms with Crippen molar-refractivity contribution in [1.29, 1.82) is 0 Å². The summed E-state index contributed by atoms with van der Waals surface area (Å²) in [6.07, 6.45) is 3.71. The molecule has 0 spiro atoms. The monoisotopic (exact) mass is 305 g/mol. The first-order valence-electron chi connectivity index (χ1n) is 5.97. The molecule has 1 aromatic rings. The third-order valence-corrected chi connectivity index (χ3v) is 4.44. The molecule has 98 valence electrons. The average molecular weight is 307 g/mol. The molecule has 2 rings (SSSR count). The molecule has 5 heteroatoms. The molecule has 0 heterocycles.